The number of benzene rings is 2. The fraction of sp³-hybridized carbons (Fsp3) is 0.0714. The van der Waals surface area contributed by atoms with E-state index in [4.69, 9.17) is 23.2 Å². The Morgan fingerprint density at radius 3 is 2.52 bits per heavy atom. The van der Waals surface area contributed by atoms with Gasteiger partial charge < -0.3 is 4.74 Å². The van der Waals surface area contributed by atoms with Crippen LogP contribution in [0.3, 0.4) is 0 Å². The SMILES string of the molecule is COC(=O)c1cc(F)ccc1NS(=O)(=O)c1cc(Cl)ccc1Cl. The average Bonchev–Trinajstić information content (AvgIpc) is 2.50. The zero-order chi connectivity index (χ0) is 17.2. The number of rotatable bonds is 4. The van der Waals surface area contributed by atoms with Crippen LogP contribution >= 0.6 is 23.2 Å². The molecule has 2 aromatic rings. The van der Waals surface area contributed by atoms with Crippen LogP contribution in [0.5, 0.6) is 0 Å². The molecule has 0 saturated carbocycles. The summed E-state index contributed by atoms with van der Waals surface area (Å²) >= 11 is 11.6. The minimum atomic E-state index is -4.14. The van der Waals surface area contributed by atoms with E-state index in [9.17, 15) is 17.6 Å². The van der Waals surface area contributed by atoms with Gasteiger partial charge in [0, 0.05) is 5.02 Å². The van der Waals surface area contributed by atoms with Crippen LogP contribution in [0.2, 0.25) is 10.0 Å². The summed E-state index contributed by atoms with van der Waals surface area (Å²) < 4.78 is 44.8. The number of esters is 1. The van der Waals surface area contributed by atoms with Crippen molar-refractivity contribution in [2.45, 2.75) is 4.90 Å². The van der Waals surface area contributed by atoms with Crippen LogP contribution in [-0.4, -0.2) is 21.5 Å². The van der Waals surface area contributed by atoms with Gasteiger partial charge in [-0.25, -0.2) is 17.6 Å². The van der Waals surface area contributed by atoms with Gasteiger partial charge in [-0.3, -0.25) is 4.72 Å². The van der Waals surface area contributed by atoms with E-state index in [0.29, 0.717) is 0 Å². The Balaban J connectivity index is 2.49. The Hall–Kier alpha value is -1.83. The monoisotopic (exact) mass is 377 g/mol. The molecule has 0 spiro atoms. The zero-order valence-corrected chi connectivity index (χ0v) is 14.0. The van der Waals surface area contributed by atoms with Gasteiger partial charge in [0.05, 0.1) is 23.4 Å². The number of hydrogen-bond acceptors (Lipinski definition) is 4. The quantitative estimate of drug-likeness (QED) is 0.824. The fourth-order valence-corrected chi connectivity index (χ4v) is 3.61. The maximum Gasteiger partial charge on any atom is 0.340 e. The van der Waals surface area contributed by atoms with Gasteiger partial charge in [-0.05, 0) is 36.4 Å². The van der Waals surface area contributed by atoms with Crippen molar-refractivity contribution in [3.8, 4) is 0 Å². The van der Waals surface area contributed by atoms with Crippen molar-refractivity contribution in [3.63, 3.8) is 0 Å². The van der Waals surface area contributed by atoms with Crippen LogP contribution in [-0.2, 0) is 14.8 Å². The number of halogens is 3. The van der Waals surface area contributed by atoms with E-state index in [1.807, 2.05) is 0 Å². The van der Waals surface area contributed by atoms with Crippen LogP contribution in [0, 0.1) is 5.82 Å². The normalized spacial score (nSPS) is 11.1. The molecule has 0 amide bonds. The average molecular weight is 378 g/mol. The van der Waals surface area contributed by atoms with Crippen molar-refractivity contribution in [2.24, 2.45) is 0 Å². The van der Waals surface area contributed by atoms with Crippen molar-refractivity contribution >= 4 is 44.9 Å². The standard InChI is InChI=1S/C14H10Cl2FNO4S/c1-22-14(19)10-7-9(17)3-5-12(10)18-23(20,21)13-6-8(15)2-4-11(13)16/h2-7,18H,1H3. The maximum atomic E-state index is 13.3. The number of carbonyl (C=O) groups excluding carboxylic acids is 1. The van der Waals surface area contributed by atoms with E-state index in [2.05, 4.69) is 9.46 Å². The Kier molecular flexibility index (Phi) is 5.13. The lowest BCUT2D eigenvalue weighted by molar-refractivity contribution is 0.0601. The molecule has 122 valence electrons. The van der Waals surface area contributed by atoms with E-state index < -0.39 is 21.8 Å². The molecule has 0 saturated heterocycles. The van der Waals surface area contributed by atoms with E-state index in [-0.39, 0.29) is 26.2 Å². The van der Waals surface area contributed by atoms with E-state index in [1.165, 1.54) is 12.1 Å². The minimum Gasteiger partial charge on any atom is -0.465 e. The smallest absolute Gasteiger partial charge is 0.340 e. The molecule has 0 atom stereocenters. The lowest BCUT2D eigenvalue weighted by Gasteiger charge is -2.12. The Labute approximate surface area is 142 Å². The van der Waals surface area contributed by atoms with Crippen LogP contribution in [0.4, 0.5) is 10.1 Å². The Morgan fingerprint density at radius 2 is 1.87 bits per heavy atom. The molecule has 0 bridgehead atoms. The minimum absolute atomic E-state index is 0.0522. The summed E-state index contributed by atoms with van der Waals surface area (Å²) in [4.78, 5) is 11.4. The summed E-state index contributed by atoms with van der Waals surface area (Å²) in [5, 5.41) is 0.116. The van der Waals surface area contributed by atoms with Gasteiger partial charge in [-0.15, -0.1) is 0 Å². The van der Waals surface area contributed by atoms with Gasteiger partial charge >= 0.3 is 5.97 Å². The molecule has 2 aromatic carbocycles. The lowest BCUT2D eigenvalue weighted by Crippen LogP contribution is -2.16. The number of carbonyl (C=O) groups is 1. The van der Waals surface area contributed by atoms with Crippen LogP contribution < -0.4 is 4.72 Å². The molecule has 0 unspecified atom stereocenters. The molecular formula is C14H10Cl2FNO4S. The Bertz CT molecular complexity index is 871. The van der Waals surface area contributed by atoms with Gasteiger partial charge in [0.15, 0.2) is 0 Å². The summed E-state index contributed by atoms with van der Waals surface area (Å²) in [6.07, 6.45) is 0. The highest BCUT2D eigenvalue weighted by molar-refractivity contribution is 7.92. The third-order valence-corrected chi connectivity index (χ3v) is 4.90. The van der Waals surface area contributed by atoms with Crippen molar-refractivity contribution in [3.05, 3.63) is 57.8 Å². The van der Waals surface area contributed by atoms with Crippen molar-refractivity contribution < 1.29 is 22.3 Å². The largest absolute Gasteiger partial charge is 0.465 e. The van der Waals surface area contributed by atoms with Crippen LogP contribution in [0.15, 0.2) is 41.3 Å². The first-order valence-electron chi connectivity index (χ1n) is 6.10. The first kappa shape index (κ1) is 17.5. The molecule has 2 rings (SSSR count). The summed E-state index contributed by atoms with van der Waals surface area (Å²) in [5.41, 5.74) is -0.413. The second-order valence-corrected chi connectivity index (χ2v) is 6.86. The summed E-state index contributed by atoms with van der Waals surface area (Å²) in [5.74, 6) is -1.60. The van der Waals surface area contributed by atoms with Crippen molar-refractivity contribution in [1.82, 2.24) is 0 Å². The van der Waals surface area contributed by atoms with Crippen molar-refractivity contribution in [1.29, 1.82) is 0 Å². The molecule has 0 aliphatic rings. The van der Waals surface area contributed by atoms with Crippen LogP contribution in [0.25, 0.3) is 0 Å². The molecule has 23 heavy (non-hydrogen) atoms. The second-order valence-electron chi connectivity index (χ2n) is 4.36. The first-order chi connectivity index (χ1) is 10.7. The number of nitrogens with one attached hydrogen (secondary N) is 1. The predicted molar refractivity (Wildman–Crippen MR) is 85.0 cm³/mol. The predicted octanol–water partition coefficient (Wildman–Crippen LogP) is 3.72. The summed E-state index contributed by atoms with van der Waals surface area (Å²) in [7, 11) is -3.04. The number of anilines is 1. The van der Waals surface area contributed by atoms with E-state index >= 15 is 0 Å². The maximum absolute atomic E-state index is 13.3. The molecule has 5 nitrogen and oxygen atoms in total. The lowest BCUT2D eigenvalue weighted by atomic mass is 10.2. The van der Waals surface area contributed by atoms with E-state index in [0.717, 1.165) is 31.4 Å². The summed E-state index contributed by atoms with van der Waals surface area (Å²) in [6, 6.07) is 6.89. The number of ether oxygens (including phenoxy) is 1. The van der Waals surface area contributed by atoms with E-state index in [1.54, 1.807) is 0 Å². The molecular weight excluding hydrogens is 368 g/mol. The molecule has 0 fully saturated rings. The van der Waals surface area contributed by atoms with Crippen molar-refractivity contribution in [2.75, 3.05) is 11.8 Å². The van der Waals surface area contributed by atoms with Gasteiger partial charge in [0.25, 0.3) is 10.0 Å². The van der Waals surface area contributed by atoms with Gasteiger partial charge in [0.1, 0.15) is 10.7 Å². The third-order valence-electron chi connectivity index (χ3n) is 2.81. The van der Waals surface area contributed by atoms with Gasteiger partial charge in [0.2, 0.25) is 0 Å². The Morgan fingerprint density at radius 1 is 1.17 bits per heavy atom. The molecule has 0 heterocycles. The highest BCUT2D eigenvalue weighted by Crippen LogP contribution is 2.28. The molecule has 1 N–H and O–H groups in total. The number of methoxy groups -OCH3 is 1. The van der Waals surface area contributed by atoms with Gasteiger partial charge in [-0.2, -0.15) is 0 Å². The number of sulfonamides is 1. The molecule has 0 aromatic heterocycles. The highest BCUT2D eigenvalue weighted by Gasteiger charge is 2.22. The number of hydrogen-bond donors (Lipinski definition) is 1. The molecule has 0 aliphatic carbocycles. The first-order valence-corrected chi connectivity index (χ1v) is 8.34. The van der Waals surface area contributed by atoms with Crippen LogP contribution in [0.1, 0.15) is 10.4 Å². The summed E-state index contributed by atoms with van der Waals surface area (Å²) in [6.45, 7) is 0. The van der Waals surface area contributed by atoms with Gasteiger partial charge in [-0.1, -0.05) is 23.2 Å². The molecule has 9 heteroatoms. The topological polar surface area (TPSA) is 72.5 Å². The molecule has 0 radical (unpaired) electrons. The molecule has 0 aliphatic heterocycles. The fourth-order valence-electron chi connectivity index (χ4n) is 1.77. The zero-order valence-electron chi connectivity index (χ0n) is 11.6. The third kappa shape index (κ3) is 3.93. The second kappa shape index (κ2) is 6.74. The highest BCUT2D eigenvalue weighted by atomic mass is 35.5.